The van der Waals surface area contributed by atoms with E-state index in [1.807, 2.05) is 18.4 Å². The van der Waals surface area contributed by atoms with E-state index in [1.165, 1.54) is 17.4 Å². The highest BCUT2D eigenvalue weighted by atomic mass is 79.9. The van der Waals surface area contributed by atoms with Gasteiger partial charge in [0.05, 0.1) is 5.69 Å². The Hall–Kier alpha value is -2.25. The van der Waals surface area contributed by atoms with Crippen LogP contribution in [0, 0.1) is 6.92 Å². The number of benzene rings is 1. The standard InChI is InChI=1S/C16H11BrN2O3S/c1-9-6-7-23-13(9)8-12-14(20)18-16(22)19(15(12)21)11-4-2-10(17)3-5-11/h2-8H,1H3,(H,18,20,22). The Morgan fingerprint density at radius 3 is 2.43 bits per heavy atom. The average molecular weight is 391 g/mol. The summed E-state index contributed by atoms with van der Waals surface area (Å²) < 4.78 is 0.826. The van der Waals surface area contributed by atoms with Gasteiger partial charge in [0.2, 0.25) is 0 Å². The van der Waals surface area contributed by atoms with Gasteiger partial charge in [-0.1, -0.05) is 15.9 Å². The van der Waals surface area contributed by atoms with Gasteiger partial charge in [0.1, 0.15) is 5.57 Å². The third-order valence-electron chi connectivity index (χ3n) is 3.36. The van der Waals surface area contributed by atoms with Gasteiger partial charge in [0.15, 0.2) is 0 Å². The van der Waals surface area contributed by atoms with E-state index in [-0.39, 0.29) is 5.57 Å². The van der Waals surface area contributed by atoms with Crippen molar-refractivity contribution in [3.8, 4) is 0 Å². The number of imide groups is 2. The molecule has 0 spiro atoms. The van der Waals surface area contributed by atoms with E-state index < -0.39 is 17.8 Å². The van der Waals surface area contributed by atoms with Gasteiger partial charge >= 0.3 is 6.03 Å². The monoisotopic (exact) mass is 390 g/mol. The van der Waals surface area contributed by atoms with E-state index >= 15 is 0 Å². The number of halogens is 1. The van der Waals surface area contributed by atoms with Crippen LogP contribution >= 0.6 is 27.3 Å². The Bertz CT molecular complexity index is 839. The normalized spacial score (nSPS) is 16.9. The first-order valence-corrected chi connectivity index (χ1v) is 8.36. The summed E-state index contributed by atoms with van der Waals surface area (Å²) in [5.41, 5.74) is 1.31. The Balaban J connectivity index is 2.02. The molecule has 0 unspecified atom stereocenters. The largest absolute Gasteiger partial charge is 0.335 e. The second-order valence-corrected chi connectivity index (χ2v) is 6.77. The Kier molecular flexibility index (Phi) is 4.14. The van der Waals surface area contributed by atoms with Crippen LogP contribution in [0.25, 0.3) is 6.08 Å². The van der Waals surface area contributed by atoms with Crippen LogP contribution in [0.2, 0.25) is 0 Å². The van der Waals surface area contributed by atoms with E-state index in [4.69, 9.17) is 0 Å². The number of carbonyl (C=O) groups is 3. The highest BCUT2D eigenvalue weighted by molar-refractivity contribution is 9.10. The number of carbonyl (C=O) groups excluding carboxylic acids is 3. The molecule has 2 aromatic rings. The summed E-state index contributed by atoms with van der Waals surface area (Å²) in [7, 11) is 0. The summed E-state index contributed by atoms with van der Waals surface area (Å²) >= 11 is 4.73. The van der Waals surface area contributed by atoms with Crippen LogP contribution in [0.3, 0.4) is 0 Å². The molecule has 5 nitrogen and oxygen atoms in total. The van der Waals surface area contributed by atoms with Gasteiger partial charge in [-0.3, -0.25) is 14.9 Å². The van der Waals surface area contributed by atoms with Crippen molar-refractivity contribution in [2.24, 2.45) is 0 Å². The maximum absolute atomic E-state index is 12.6. The number of hydrogen-bond acceptors (Lipinski definition) is 4. The molecule has 4 amide bonds. The van der Waals surface area contributed by atoms with Crippen LogP contribution in [0.5, 0.6) is 0 Å². The molecule has 1 fully saturated rings. The van der Waals surface area contributed by atoms with Crippen molar-refractivity contribution in [3.05, 3.63) is 56.2 Å². The predicted octanol–water partition coefficient (Wildman–Crippen LogP) is 3.49. The van der Waals surface area contributed by atoms with Gasteiger partial charge in [0.25, 0.3) is 11.8 Å². The van der Waals surface area contributed by atoms with Crippen LogP contribution in [0.4, 0.5) is 10.5 Å². The van der Waals surface area contributed by atoms with Crippen LogP contribution in [-0.4, -0.2) is 17.8 Å². The molecule has 1 aliphatic rings. The highest BCUT2D eigenvalue weighted by Gasteiger charge is 2.36. The molecule has 0 atom stereocenters. The summed E-state index contributed by atoms with van der Waals surface area (Å²) in [6, 6.07) is 7.86. The van der Waals surface area contributed by atoms with Gasteiger partial charge in [-0.15, -0.1) is 11.3 Å². The molecule has 0 radical (unpaired) electrons. The van der Waals surface area contributed by atoms with E-state index in [9.17, 15) is 14.4 Å². The molecule has 3 rings (SSSR count). The van der Waals surface area contributed by atoms with Gasteiger partial charge in [0, 0.05) is 9.35 Å². The maximum Gasteiger partial charge on any atom is 0.335 e. The molecule has 0 aliphatic carbocycles. The molecule has 1 saturated heterocycles. The zero-order valence-electron chi connectivity index (χ0n) is 12.0. The Morgan fingerprint density at radius 2 is 1.83 bits per heavy atom. The number of thiophene rings is 1. The average Bonchev–Trinajstić information content (AvgIpc) is 2.90. The van der Waals surface area contributed by atoms with Crippen molar-refractivity contribution in [3.63, 3.8) is 0 Å². The lowest BCUT2D eigenvalue weighted by molar-refractivity contribution is -0.122. The molecule has 1 aromatic carbocycles. The fourth-order valence-electron chi connectivity index (χ4n) is 2.15. The molecule has 1 aromatic heterocycles. The van der Waals surface area contributed by atoms with Gasteiger partial charge in [-0.05, 0) is 54.3 Å². The topological polar surface area (TPSA) is 66.5 Å². The summed E-state index contributed by atoms with van der Waals surface area (Å²) in [5.74, 6) is -1.31. The van der Waals surface area contributed by atoms with Gasteiger partial charge in [-0.25, -0.2) is 9.69 Å². The van der Waals surface area contributed by atoms with E-state index in [0.29, 0.717) is 5.69 Å². The first kappa shape index (κ1) is 15.6. The summed E-state index contributed by atoms with van der Waals surface area (Å²) in [4.78, 5) is 38.5. The van der Waals surface area contributed by atoms with Crippen LogP contribution in [0.15, 0.2) is 45.8 Å². The molecular weight excluding hydrogens is 380 g/mol. The zero-order chi connectivity index (χ0) is 16.6. The SMILES string of the molecule is Cc1ccsc1C=C1C(=O)NC(=O)N(c2ccc(Br)cc2)C1=O. The lowest BCUT2D eigenvalue weighted by Crippen LogP contribution is -2.54. The molecule has 7 heteroatoms. The van der Waals surface area contributed by atoms with Gasteiger partial charge in [-0.2, -0.15) is 0 Å². The molecule has 0 bridgehead atoms. The molecular formula is C16H11BrN2O3S. The lowest BCUT2D eigenvalue weighted by Gasteiger charge is -2.26. The molecule has 1 aliphatic heterocycles. The van der Waals surface area contributed by atoms with Crippen LogP contribution in [0.1, 0.15) is 10.4 Å². The summed E-state index contributed by atoms with van der Waals surface area (Å²) in [6.45, 7) is 1.89. The van der Waals surface area contributed by atoms with Crippen molar-refractivity contribution in [2.45, 2.75) is 6.92 Å². The minimum Gasteiger partial charge on any atom is -0.273 e. The number of anilines is 1. The second kappa shape index (κ2) is 6.10. The highest BCUT2D eigenvalue weighted by Crippen LogP contribution is 2.25. The van der Waals surface area contributed by atoms with Crippen molar-refractivity contribution in [1.29, 1.82) is 0 Å². The number of aryl methyl sites for hydroxylation is 1. The number of rotatable bonds is 2. The molecule has 2 heterocycles. The minimum absolute atomic E-state index is 0.0573. The van der Waals surface area contributed by atoms with Crippen LogP contribution in [-0.2, 0) is 9.59 Å². The van der Waals surface area contributed by atoms with Crippen molar-refractivity contribution < 1.29 is 14.4 Å². The Labute approximate surface area is 144 Å². The van der Waals surface area contributed by atoms with Crippen molar-refractivity contribution in [2.75, 3.05) is 4.90 Å². The minimum atomic E-state index is -0.748. The number of amides is 4. The van der Waals surface area contributed by atoms with E-state index in [0.717, 1.165) is 19.8 Å². The number of hydrogen-bond donors (Lipinski definition) is 1. The summed E-state index contributed by atoms with van der Waals surface area (Å²) in [6.07, 6.45) is 1.52. The predicted molar refractivity (Wildman–Crippen MR) is 92.2 cm³/mol. The second-order valence-electron chi connectivity index (χ2n) is 4.90. The van der Waals surface area contributed by atoms with Gasteiger partial charge < -0.3 is 0 Å². The number of nitrogens with one attached hydrogen (secondary N) is 1. The number of urea groups is 1. The smallest absolute Gasteiger partial charge is 0.273 e. The number of nitrogens with zero attached hydrogens (tertiary/aromatic N) is 1. The fourth-order valence-corrected chi connectivity index (χ4v) is 3.27. The Morgan fingerprint density at radius 1 is 1.13 bits per heavy atom. The third kappa shape index (κ3) is 2.97. The van der Waals surface area contributed by atoms with Crippen LogP contribution < -0.4 is 10.2 Å². The fraction of sp³-hybridized carbons (Fsp3) is 0.0625. The van der Waals surface area contributed by atoms with Crippen molar-refractivity contribution >= 4 is 56.9 Å². The van der Waals surface area contributed by atoms with E-state index in [1.54, 1.807) is 24.3 Å². The van der Waals surface area contributed by atoms with Crippen molar-refractivity contribution in [1.82, 2.24) is 5.32 Å². The first-order valence-electron chi connectivity index (χ1n) is 6.68. The summed E-state index contributed by atoms with van der Waals surface area (Å²) in [5, 5.41) is 4.09. The molecule has 116 valence electrons. The van der Waals surface area contributed by atoms with E-state index in [2.05, 4.69) is 21.2 Å². The maximum atomic E-state index is 12.6. The molecule has 0 saturated carbocycles. The number of barbiturate groups is 1. The lowest BCUT2D eigenvalue weighted by atomic mass is 10.1. The zero-order valence-corrected chi connectivity index (χ0v) is 14.4. The molecule has 23 heavy (non-hydrogen) atoms. The quantitative estimate of drug-likeness (QED) is 0.630. The first-order chi connectivity index (χ1) is 11.0. The third-order valence-corrected chi connectivity index (χ3v) is 4.86. The molecule has 1 N–H and O–H groups in total.